The van der Waals surface area contributed by atoms with Gasteiger partial charge in [0, 0.05) is 19.3 Å². The molecule has 0 spiro atoms. The molecular weight excluding hydrogens is 853 g/mol. The van der Waals surface area contributed by atoms with E-state index in [1.165, 1.54) is 250 Å². The predicted octanol–water partition coefficient (Wildman–Crippen LogP) is 20.9. The van der Waals surface area contributed by atoms with Gasteiger partial charge < -0.3 is 14.2 Å². The molecule has 0 rings (SSSR count). The van der Waals surface area contributed by atoms with Gasteiger partial charge in [-0.25, -0.2) is 0 Å². The van der Waals surface area contributed by atoms with E-state index in [2.05, 4.69) is 32.9 Å². The Morgan fingerprint density at radius 3 is 0.754 bits per heavy atom. The minimum Gasteiger partial charge on any atom is -0.462 e. The average molecular weight is 974 g/mol. The van der Waals surface area contributed by atoms with Crippen LogP contribution in [0.15, 0.2) is 12.2 Å². The van der Waals surface area contributed by atoms with Crippen LogP contribution in [0.2, 0.25) is 0 Å². The molecule has 408 valence electrons. The summed E-state index contributed by atoms with van der Waals surface area (Å²) in [5, 5.41) is 0. The van der Waals surface area contributed by atoms with Crippen LogP contribution in [0.1, 0.15) is 355 Å². The molecule has 0 aromatic rings. The quantitative estimate of drug-likeness (QED) is 0.0261. The molecule has 1 unspecified atom stereocenters. The number of allylic oxidation sites excluding steroid dienone is 2. The van der Waals surface area contributed by atoms with Crippen molar-refractivity contribution in [3.63, 3.8) is 0 Å². The first-order chi connectivity index (χ1) is 34.0. The number of hydrogen-bond acceptors (Lipinski definition) is 6. The zero-order chi connectivity index (χ0) is 50.0. The van der Waals surface area contributed by atoms with Gasteiger partial charge in [0.15, 0.2) is 6.10 Å². The lowest BCUT2D eigenvalue weighted by atomic mass is 10.0. The Morgan fingerprint density at radius 2 is 0.478 bits per heavy atom. The standard InChI is InChI=1S/C63H120O6/c1-4-7-10-13-16-19-22-24-25-26-27-28-29-30-31-32-33-34-35-36-37-38-39-40-42-44-47-50-53-56-62(65)68-59-60(58-67-61(64)55-52-49-46-43-21-18-15-12-9-6-3)69-63(66)57-54-51-48-45-41-23-20-17-14-11-8-5-2/h17,20,60H,4-16,18-19,21-59H2,1-3H3/b20-17-. The number of carbonyl (C=O) groups excluding carboxylic acids is 3. The van der Waals surface area contributed by atoms with Crippen LogP contribution in [0.5, 0.6) is 0 Å². The highest BCUT2D eigenvalue weighted by Crippen LogP contribution is 2.18. The van der Waals surface area contributed by atoms with Crippen molar-refractivity contribution in [3.05, 3.63) is 12.2 Å². The summed E-state index contributed by atoms with van der Waals surface area (Å²) in [6.45, 7) is 6.65. The smallest absolute Gasteiger partial charge is 0.306 e. The molecule has 0 bridgehead atoms. The molecule has 0 saturated carbocycles. The predicted molar refractivity (Wildman–Crippen MR) is 298 cm³/mol. The topological polar surface area (TPSA) is 78.9 Å². The van der Waals surface area contributed by atoms with Gasteiger partial charge in [-0.05, 0) is 44.9 Å². The number of ether oxygens (including phenoxy) is 3. The molecule has 0 aromatic carbocycles. The lowest BCUT2D eigenvalue weighted by Crippen LogP contribution is -2.30. The first-order valence-corrected chi connectivity index (χ1v) is 31.2. The van der Waals surface area contributed by atoms with Crippen LogP contribution in [0.25, 0.3) is 0 Å². The van der Waals surface area contributed by atoms with Crippen LogP contribution >= 0.6 is 0 Å². The highest BCUT2D eigenvalue weighted by Gasteiger charge is 2.19. The van der Waals surface area contributed by atoms with Crippen LogP contribution in [0.3, 0.4) is 0 Å². The van der Waals surface area contributed by atoms with Gasteiger partial charge in [0.25, 0.3) is 0 Å². The largest absolute Gasteiger partial charge is 0.462 e. The number of rotatable bonds is 58. The molecule has 0 aromatic heterocycles. The summed E-state index contributed by atoms with van der Waals surface area (Å²) in [7, 11) is 0. The second kappa shape index (κ2) is 58.7. The summed E-state index contributed by atoms with van der Waals surface area (Å²) in [6, 6.07) is 0. The van der Waals surface area contributed by atoms with Crippen molar-refractivity contribution in [2.24, 2.45) is 0 Å². The van der Waals surface area contributed by atoms with Crippen molar-refractivity contribution < 1.29 is 28.6 Å². The van der Waals surface area contributed by atoms with E-state index in [9.17, 15) is 14.4 Å². The maximum absolute atomic E-state index is 12.8. The van der Waals surface area contributed by atoms with Gasteiger partial charge in [-0.3, -0.25) is 14.4 Å². The van der Waals surface area contributed by atoms with Crippen LogP contribution < -0.4 is 0 Å². The molecule has 0 radical (unpaired) electrons. The first-order valence-electron chi connectivity index (χ1n) is 31.2. The summed E-state index contributed by atoms with van der Waals surface area (Å²) < 4.78 is 16.8. The second-order valence-electron chi connectivity index (χ2n) is 21.3. The van der Waals surface area contributed by atoms with Crippen LogP contribution in [0, 0.1) is 0 Å². The van der Waals surface area contributed by atoms with Gasteiger partial charge in [-0.1, -0.05) is 303 Å². The molecule has 6 nitrogen and oxygen atoms in total. The maximum Gasteiger partial charge on any atom is 0.306 e. The molecule has 0 aliphatic rings. The minimum absolute atomic E-state index is 0.0678. The fourth-order valence-electron chi connectivity index (χ4n) is 9.56. The maximum atomic E-state index is 12.8. The third kappa shape index (κ3) is 56.9. The van der Waals surface area contributed by atoms with Gasteiger partial charge in [-0.2, -0.15) is 0 Å². The molecule has 0 aliphatic heterocycles. The number of carbonyl (C=O) groups is 3. The van der Waals surface area contributed by atoms with E-state index in [0.717, 1.165) is 64.2 Å². The zero-order valence-electron chi connectivity index (χ0n) is 46.9. The summed E-state index contributed by atoms with van der Waals surface area (Å²) in [6.07, 6.45) is 68.2. The van der Waals surface area contributed by atoms with Gasteiger partial charge in [0.05, 0.1) is 0 Å². The van der Waals surface area contributed by atoms with Crippen molar-refractivity contribution in [1.29, 1.82) is 0 Å². The molecule has 6 heteroatoms. The van der Waals surface area contributed by atoms with E-state index in [0.29, 0.717) is 19.3 Å². The Kier molecular flexibility index (Phi) is 57.1. The molecule has 69 heavy (non-hydrogen) atoms. The third-order valence-electron chi connectivity index (χ3n) is 14.3. The van der Waals surface area contributed by atoms with Crippen LogP contribution in [-0.4, -0.2) is 37.2 Å². The monoisotopic (exact) mass is 973 g/mol. The molecule has 0 N–H and O–H groups in total. The molecule has 0 saturated heterocycles. The molecule has 0 fully saturated rings. The van der Waals surface area contributed by atoms with E-state index in [1.54, 1.807) is 0 Å². The van der Waals surface area contributed by atoms with Gasteiger partial charge in [-0.15, -0.1) is 0 Å². The fourth-order valence-corrected chi connectivity index (χ4v) is 9.56. The van der Waals surface area contributed by atoms with Crippen molar-refractivity contribution in [3.8, 4) is 0 Å². The minimum atomic E-state index is -0.768. The third-order valence-corrected chi connectivity index (χ3v) is 14.3. The second-order valence-corrected chi connectivity index (χ2v) is 21.3. The first kappa shape index (κ1) is 67.1. The van der Waals surface area contributed by atoms with E-state index >= 15 is 0 Å². The normalized spacial score (nSPS) is 12.0. The number of esters is 3. The molecule has 0 amide bonds. The lowest BCUT2D eigenvalue weighted by molar-refractivity contribution is -0.167. The Morgan fingerprint density at radius 1 is 0.275 bits per heavy atom. The van der Waals surface area contributed by atoms with E-state index < -0.39 is 6.10 Å². The van der Waals surface area contributed by atoms with Gasteiger partial charge >= 0.3 is 17.9 Å². The summed E-state index contributed by atoms with van der Waals surface area (Å²) >= 11 is 0. The van der Waals surface area contributed by atoms with E-state index in [-0.39, 0.29) is 31.1 Å². The Hall–Kier alpha value is -1.85. The Bertz CT molecular complexity index is 1070. The van der Waals surface area contributed by atoms with Crippen molar-refractivity contribution in [2.75, 3.05) is 13.2 Å². The van der Waals surface area contributed by atoms with E-state index in [1.807, 2.05) is 0 Å². The number of hydrogen-bond donors (Lipinski definition) is 0. The number of unbranched alkanes of at least 4 members (excludes halogenated alkanes) is 45. The van der Waals surface area contributed by atoms with Gasteiger partial charge in [0.2, 0.25) is 0 Å². The average Bonchev–Trinajstić information content (AvgIpc) is 3.35. The van der Waals surface area contributed by atoms with Crippen LogP contribution in [0.4, 0.5) is 0 Å². The molecule has 1 atom stereocenters. The van der Waals surface area contributed by atoms with E-state index in [4.69, 9.17) is 14.2 Å². The zero-order valence-corrected chi connectivity index (χ0v) is 46.9. The highest BCUT2D eigenvalue weighted by molar-refractivity contribution is 5.71. The van der Waals surface area contributed by atoms with Crippen molar-refractivity contribution in [2.45, 2.75) is 361 Å². The highest BCUT2D eigenvalue weighted by atomic mass is 16.6. The summed E-state index contributed by atoms with van der Waals surface area (Å²) in [5.74, 6) is -0.856. The Balaban J connectivity index is 4.02. The van der Waals surface area contributed by atoms with Gasteiger partial charge in [0.1, 0.15) is 13.2 Å². The summed E-state index contributed by atoms with van der Waals surface area (Å²) in [4.78, 5) is 38.0. The molecule has 0 aliphatic carbocycles. The van der Waals surface area contributed by atoms with Crippen molar-refractivity contribution in [1.82, 2.24) is 0 Å². The molecule has 0 heterocycles. The summed E-state index contributed by atoms with van der Waals surface area (Å²) in [5.41, 5.74) is 0. The Labute approximate surface area is 431 Å². The fraction of sp³-hybridized carbons (Fsp3) is 0.921. The van der Waals surface area contributed by atoms with Crippen LogP contribution in [-0.2, 0) is 28.6 Å². The lowest BCUT2D eigenvalue weighted by Gasteiger charge is -2.18. The SMILES string of the molecule is CCCCC/C=C\CCCCCCCC(=O)OC(COC(=O)CCCCCCCCCCCC)COC(=O)CCCCCCCCCCCCCCCCCCCCCCCCCCCCCCC. The van der Waals surface area contributed by atoms with Crippen molar-refractivity contribution >= 4 is 17.9 Å². The molecular formula is C63H120O6.